The minimum atomic E-state index is -0.223. The number of carbonyl (C=O) groups is 2. The highest BCUT2D eigenvalue weighted by molar-refractivity contribution is 7.99. The van der Waals surface area contributed by atoms with E-state index in [0.29, 0.717) is 21.7 Å². The fourth-order valence-corrected chi connectivity index (χ4v) is 3.40. The molecule has 0 unspecified atom stereocenters. The van der Waals surface area contributed by atoms with E-state index in [1.165, 1.54) is 11.8 Å². The molecular formula is C20H20ClN5O2S. The summed E-state index contributed by atoms with van der Waals surface area (Å²) in [6, 6.07) is 14.6. The summed E-state index contributed by atoms with van der Waals surface area (Å²) < 4.78 is 1.71. The van der Waals surface area contributed by atoms with Crippen LogP contribution in [-0.4, -0.2) is 32.3 Å². The molecule has 0 spiro atoms. The minimum absolute atomic E-state index is 0.0613. The van der Waals surface area contributed by atoms with Crippen LogP contribution in [0.1, 0.15) is 11.4 Å². The van der Waals surface area contributed by atoms with Gasteiger partial charge >= 0.3 is 0 Å². The lowest BCUT2D eigenvalue weighted by molar-refractivity contribution is -0.116. The van der Waals surface area contributed by atoms with Crippen LogP contribution >= 0.6 is 23.4 Å². The molecule has 2 N–H and O–H groups in total. The van der Waals surface area contributed by atoms with Crippen LogP contribution in [0.2, 0.25) is 5.02 Å². The smallest absolute Gasteiger partial charge is 0.234 e. The number of benzene rings is 2. The lowest BCUT2D eigenvalue weighted by atomic mass is 10.2. The summed E-state index contributed by atoms with van der Waals surface area (Å²) in [5, 5.41) is 14.9. The van der Waals surface area contributed by atoms with Crippen molar-refractivity contribution in [3.8, 4) is 0 Å². The van der Waals surface area contributed by atoms with Crippen LogP contribution in [0, 0.1) is 6.92 Å². The van der Waals surface area contributed by atoms with E-state index in [-0.39, 0.29) is 24.0 Å². The molecule has 3 aromatic rings. The van der Waals surface area contributed by atoms with E-state index in [0.717, 1.165) is 11.3 Å². The summed E-state index contributed by atoms with van der Waals surface area (Å²) in [5.41, 5.74) is 2.31. The summed E-state index contributed by atoms with van der Waals surface area (Å²) in [5.74, 6) is 0.333. The van der Waals surface area contributed by atoms with Gasteiger partial charge in [-0.3, -0.25) is 9.59 Å². The number of hydrogen-bond donors (Lipinski definition) is 2. The van der Waals surface area contributed by atoms with Gasteiger partial charge in [0.1, 0.15) is 5.82 Å². The van der Waals surface area contributed by atoms with Gasteiger partial charge in [0.2, 0.25) is 11.8 Å². The number of anilines is 2. The van der Waals surface area contributed by atoms with Crippen molar-refractivity contribution >= 4 is 46.6 Å². The van der Waals surface area contributed by atoms with Gasteiger partial charge in [0.15, 0.2) is 5.16 Å². The summed E-state index contributed by atoms with van der Waals surface area (Å²) in [6.45, 7) is 1.90. The molecule has 29 heavy (non-hydrogen) atoms. The molecule has 0 aliphatic rings. The van der Waals surface area contributed by atoms with E-state index < -0.39 is 0 Å². The highest BCUT2D eigenvalue weighted by Gasteiger charge is 2.15. The standard InChI is InChI=1S/C20H20ClN5O2S/c1-13-8-9-15(10-16(13)21)23-18(27)11-17-24-25-20(26(17)2)29-12-19(28)22-14-6-4-3-5-7-14/h3-10H,11-12H2,1-2H3,(H,22,28)(H,23,27). The fourth-order valence-electron chi connectivity index (χ4n) is 2.49. The lowest BCUT2D eigenvalue weighted by Gasteiger charge is -2.07. The molecule has 1 heterocycles. The summed E-state index contributed by atoms with van der Waals surface area (Å²) in [6.07, 6.45) is 0.0613. The number of rotatable bonds is 7. The molecular weight excluding hydrogens is 410 g/mol. The summed E-state index contributed by atoms with van der Waals surface area (Å²) in [4.78, 5) is 24.4. The third kappa shape index (κ3) is 5.82. The molecule has 150 valence electrons. The largest absolute Gasteiger partial charge is 0.326 e. The summed E-state index contributed by atoms with van der Waals surface area (Å²) >= 11 is 7.34. The first-order valence-corrected chi connectivity index (χ1v) is 10.2. The van der Waals surface area contributed by atoms with Gasteiger partial charge in [-0.1, -0.05) is 47.6 Å². The van der Waals surface area contributed by atoms with E-state index in [1.54, 1.807) is 23.7 Å². The monoisotopic (exact) mass is 429 g/mol. The number of nitrogens with zero attached hydrogens (tertiary/aromatic N) is 3. The number of aromatic nitrogens is 3. The van der Waals surface area contributed by atoms with E-state index in [9.17, 15) is 9.59 Å². The Hall–Kier alpha value is -2.84. The van der Waals surface area contributed by atoms with Crippen molar-refractivity contribution in [3.63, 3.8) is 0 Å². The Kier molecular flexibility index (Phi) is 6.90. The molecule has 1 aromatic heterocycles. The van der Waals surface area contributed by atoms with Crippen molar-refractivity contribution < 1.29 is 9.59 Å². The molecule has 0 saturated carbocycles. The third-order valence-electron chi connectivity index (χ3n) is 4.09. The number of thioether (sulfide) groups is 1. The highest BCUT2D eigenvalue weighted by atomic mass is 35.5. The Morgan fingerprint density at radius 2 is 1.76 bits per heavy atom. The number of halogens is 1. The maximum atomic E-state index is 12.3. The Bertz CT molecular complexity index is 1020. The molecule has 0 saturated heterocycles. The second kappa shape index (κ2) is 9.58. The predicted molar refractivity (Wildman–Crippen MR) is 115 cm³/mol. The van der Waals surface area contributed by atoms with Crippen LogP contribution in [0.3, 0.4) is 0 Å². The van der Waals surface area contributed by atoms with Crippen LogP contribution in [0.4, 0.5) is 11.4 Å². The van der Waals surface area contributed by atoms with E-state index in [2.05, 4.69) is 20.8 Å². The first-order chi connectivity index (χ1) is 13.9. The highest BCUT2D eigenvalue weighted by Crippen LogP contribution is 2.20. The maximum absolute atomic E-state index is 12.3. The zero-order chi connectivity index (χ0) is 20.8. The molecule has 0 aliphatic carbocycles. The topological polar surface area (TPSA) is 88.9 Å². The molecule has 0 bridgehead atoms. The van der Waals surface area contributed by atoms with Crippen LogP contribution in [0.25, 0.3) is 0 Å². The van der Waals surface area contributed by atoms with Gasteiger partial charge in [0.05, 0.1) is 12.2 Å². The number of nitrogens with one attached hydrogen (secondary N) is 2. The lowest BCUT2D eigenvalue weighted by Crippen LogP contribution is -2.17. The number of hydrogen-bond acceptors (Lipinski definition) is 5. The Morgan fingerprint density at radius 3 is 2.48 bits per heavy atom. The molecule has 9 heteroatoms. The van der Waals surface area contributed by atoms with Crippen LogP contribution in [0.15, 0.2) is 53.7 Å². The minimum Gasteiger partial charge on any atom is -0.326 e. The Labute approximate surface area is 177 Å². The second-order valence-corrected chi connectivity index (χ2v) is 7.70. The van der Waals surface area contributed by atoms with Gasteiger partial charge in [0.25, 0.3) is 0 Å². The van der Waals surface area contributed by atoms with E-state index in [1.807, 2.05) is 43.3 Å². The van der Waals surface area contributed by atoms with Crippen molar-refractivity contribution in [1.29, 1.82) is 0 Å². The molecule has 2 aromatic carbocycles. The number of carbonyl (C=O) groups excluding carboxylic acids is 2. The van der Waals surface area contributed by atoms with Gasteiger partial charge in [-0.2, -0.15) is 0 Å². The Balaban J connectivity index is 1.53. The average Bonchev–Trinajstić information content (AvgIpc) is 3.03. The maximum Gasteiger partial charge on any atom is 0.234 e. The zero-order valence-electron chi connectivity index (χ0n) is 16.0. The van der Waals surface area contributed by atoms with Crippen LogP contribution in [-0.2, 0) is 23.1 Å². The first-order valence-electron chi connectivity index (χ1n) is 8.84. The third-order valence-corrected chi connectivity index (χ3v) is 5.52. The Morgan fingerprint density at radius 1 is 1.03 bits per heavy atom. The summed E-state index contributed by atoms with van der Waals surface area (Å²) in [7, 11) is 1.77. The van der Waals surface area contributed by atoms with Crippen LogP contribution < -0.4 is 10.6 Å². The molecule has 0 atom stereocenters. The van der Waals surface area contributed by atoms with Gasteiger partial charge in [-0.15, -0.1) is 10.2 Å². The SMILES string of the molecule is Cc1ccc(NC(=O)Cc2nnc(SCC(=O)Nc3ccccc3)n2C)cc1Cl. The van der Waals surface area contributed by atoms with Crippen molar-refractivity contribution in [1.82, 2.24) is 14.8 Å². The number of aryl methyl sites for hydroxylation is 1. The normalized spacial score (nSPS) is 10.6. The van der Waals surface area contributed by atoms with E-state index >= 15 is 0 Å². The molecule has 7 nitrogen and oxygen atoms in total. The van der Waals surface area contributed by atoms with Crippen molar-refractivity contribution in [3.05, 3.63) is 64.9 Å². The molecule has 0 fully saturated rings. The van der Waals surface area contributed by atoms with Crippen molar-refractivity contribution in [2.75, 3.05) is 16.4 Å². The van der Waals surface area contributed by atoms with Gasteiger partial charge in [0, 0.05) is 23.4 Å². The van der Waals surface area contributed by atoms with Crippen LogP contribution in [0.5, 0.6) is 0 Å². The van der Waals surface area contributed by atoms with Gasteiger partial charge in [-0.25, -0.2) is 0 Å². The average molecular weight is 430 g/mol. The molecule has 3 rings (SSSR count). The quantitative estimate of drug-likeness (QED) is 0.559. The van der Waals surface area contributed by atoms with Gasteiger partial charge < -0.3 is 15.2 Å². The zero-order valence-corrected chi connectivity index (χ0v) is 17.5. The molecule has 0 radical (unpaired) electrons. The fraction of sp³-hybridized carbons (Fsp3) is 0.200. The molecule has 2 amide bonds. The molecule has 0 aliphatic heterocycles. The van der Waals surface area contributed by atoms with E-state index in [4.69, 9.17) is 11.6 Å². The van der Waals surface area contributed by atoms with Crippen molar-refractivity contribution in [2.24, 2.45) is 7.05 Å². The van der Waals surface area contributed by atoms with Gasteiger partial charge in [-0.05, 0) is 36.8 Å². The second-order valence-electron chi connectivity index (χ2n) is 6.35. The predicted octanol–water partition coefficient (Wildman–Crippen LogP) is 3.69. The number of para-hydroxylation sites is 1. The number of amides is 2. The van der Waals surface area contributed by atoms with Crippen molar-refractivity contribution in [2.45, 2.75) is 18.5 Å². The first kappa shape index (κ1) is 20.9.